The molecule has 0 heterocycles. The number of carbonyl (C=O) groups is 2. The van der Waals surface area contributed by atoms with Crippen LogP contribution in [0, 0.1) is 6.92 Å². The van der Waals surface area contributed by atoms with Crippen LogP contribution in [0.15, 0.2) is 24.3 Å². The predicted octanol–water partition coefficient (Wildman–Crippen LogP) is 3.20. The number of carboxylic acid groups (broad SMARTS) is 1. The summed E-state index contributed by atoms with van der Waals surface area (Å²) < 4.78 is 0. The number of carboxylic acids is 1. The van der Waals surface area contributed by atoms with Gasteiger partial charge in [-0.25, -0.2) is 0 Å². The van der Waals surface area contributed by atoms with E-state index in [1.54, 1.807) is 4.90 Å². The number of hydrogen-bond acceptors (Lipinski definition) is 2. The number of hydrogen-bond donors (Lipinski definition) is 1. The van der Waals surface area contributed by atoms with Crippen molar-refractivity contribution in [2.75, 3.05) is 6.54 Å². The quantitative estimate of drug-likeness (QED) is 0.839. The Hall–Kier alpha value is -1.84. The van der Waals surface area contributed by atoms with Crippen LogP contribution in [0.4, 0.5) is 0 Å². The number of carbonyl (C=O) groups excluding carboxylic acids is 1. The lowest BCUT2D eigenvalue weighted by molar-refractivity contribution is -0.139. The van der Waals surface area contributed by atoms with E-state index in [0.717, 1.165) is 0 Å². The third-order valence-corrected chi connectivity index (χ3v) is 3.71. The minimum absolute atomic E-state index is 0.0112. The normalized spacial score (nSPS) is 12.2. The van der Waals surface area contributed by atoms with Crippen LogP contribution in [0.1, 0.15) is 50.7 Å². The summed E-state index contributed by atoms with van der Waals surface area (Å²) in [6, 6.07) is 8.07. The third-order valence-electron chi connectivity index (χ3n) is 3.71. The Morgan fingerprint density at radius 3 is 2.33 bits per heavy atom. The molecule has 0 saturated carbocycles. The van der Waals surface area contributed by atoms with Gasteiger partial charge in [0.15, 0.2) is 0 Å². The Morgan fingerprint density at radius 2 is 1.81 bits per heavy atom. The van der Waals surface area contributed by atoms with E-state index in [2.05, 4.69) is 0 Å². The summed E-state index contributed by atoms with van der Waals surface area (Å²) in [6.45, 7) is 8.18. The van der Waals surface area contributed by atoms with Crippen LogP contribution >= 0.6 is 0 Å². The molecule has 0 fully saturated rings. The number of amides is 1. The number of nitrogens with zero attached hydrogens (tertiary/aromatic N) is 1. The van der Waals surface area contributed by atoms with Gasteiger partial charge in [-0.3, -0.25) is 9.59 Å². The molecule has 1 aromatic rings. The number of aryl methyl sites for hydroxylation is 1. The number of benzene rings is 1. The minimum Gasteiger partial charge on any atom is -0.481 e. The lowest BCUT2D eigenvalue weighted by Crippen LogP contribution is -2.39. The van der Waals surface area contributed by atoms with Crippen LogP contribution in [-0.4, -0.2) is 34.5 Å². The van der Waals surface area contributed by atoms with Gasteiger partial charge in [0.05, 0.1) is 6.42 Å². The van der Waals surface area contributed by atoms with Crippen molar-refractivity contribution in [3.63, 3.8) is 0 Å². The van der Waals surface area contributed by atoms with E-state index >= 15 is 0 Å². The minimum atomic E-state index is -0.875. The first-order valence-corrected chi connectivity index (χ1v) is 7.39. The first-order chi connectivity index (χ1) is 9.82. The summed E-state index contributed by atoms with van der Waals surface area (Å²) in [7, 11) is 0. The lowest BCUT2D eigenvalue weighted by Gasteiger charge is -2.28. The van der Waals surface area contributed by atoms with Crippen LogP contribution in [-0.2, 0) is 9.59 Å². The maximum Gasteiger partial charge on any atom is 0.305 e. The second-order valence-corrected chi connectivity index (χ2v) is 5.79. The van der Waals surface area contributed by atoms with E-state index in [1.807, 2.05) is 52.0 Å². The zero-order valence-corrected chi connectivity index (χ0v) is 13.3. The molecule has 1 amide bonds. The smallest absolute Gasteiger partial charge is 0.305 e. The van der Waals surface area contributed by atoms with E-state index in [9.17, 15) is 9.59 Å². The summed E-state index contributed by atoms with van der Waals surface area (Å²) in [5, 5.41) is 8.78. The van der Waals surface area contributed by atoms with E-state index in [4.69, 9.17) is 5.11 Å². The van der Waals surface area contributed by atoms with E-state index in [0.29, 0.717) is 6.42 Å². The van der Waals surface area contributed by atoms with Gasteiger partial charge in [0.1, 0.15) is 0 Å². The Morgan fingerprint density at radius 1 is 1.19 bits per heavy atom. The van der Waals surface area contributed by atoms with Gasteiger partial charge in [-0.05, 0) is 37.8 Å². The second-order valence-electron chi connectivity index (χ2n) is 5.79. The highest BCUT2D eigenvalue weighted by Gasteiger charge is 2.21. The van der Waals surface area contributed by atoms with Gasteiger partial charge in [0, 0.05) is 19.0 Å². The molecule has 4 nitrogen and oxygen atoms in total. The van der Waals surface area contributed by atoms with Gasteiger partial charge in [-0.15, -0.1) is 0 Å². The van der Waals surface area contributed by atoms with Crippen molar-refractivity contribution < 1.29 is 14.7 Å². The molecule has 4 heteroatoms. The zero-order valence-electron chi connectivity index (χ0n) is 13.3. The Labute approximate surface area is 126 Å². The van der Waals surface area contributed by atoms with E-state index in [-0.39, 0.29) is 30.8 Å². The molecule has 1 N–H and O–H groups in total. The van der Waals surface area contributed by atoms with Crippen molar-refractivity contribution >= 4 is 11.9 Å². The first-order valence-electron chi connectivity index (χ1n) is 7.39. The van der Waals surface area contributed by atoms with Gasteiger partial charge in [-0.2, -0.15) is 0 Å². The summed E-state index contributed by atoms with van der Waals surface area (Å²) in [6.07, 6.45) is 0.394. The Kier molecular flexibility index (Phi) is 6.40. The topological polar surface area (TPSA) is 57.6 Å². The summed E-state index contributed by atoms with van der Waals surface area (Å²) >= 11 is 0. The lowest BCUT2D eigenvalue weighted by atomic mass is 9.93. The second kappa shape index (κ2) is 7.81. The van der Waals surface area contributed by atoms with Gasteiger partial charge < -0.3 is 10.0 Å². The van der Waals surface area contributed by atoms with Crippen molar-refractivity contribution in [1.82, 2.24) is 4.90 Å². The number of aliphatic carboxylic acids is 1. The molecule has 0 aromatic heterocycles. The average molecular weight is 291 g/mol. The highest BCUT2D eigenvalue weighted by molar-refractivity contribution is 5.78. The van der Waals surface area contributed by atoms with Crippen molar-refractivity contribution in [2.45, 2.75) is 52.5 Å². The van der Waals surface area contributed by atoms with Crippen molar-refractivity contribution in [3.8, 4) is 0 Å². The first kappa shape index (κ1) is 17.2. The maximum absolute atomic E-state index is 12.4. The predicted molar refractivity (Wildman–Crippen MR) is 83.3 cm³/mol. The molecule has 0 aliphatic heterocycles. The third kappa shape index (κ3) is 5.21. The summed E-state index contributed by atoms with van der Waals surface area (Å²) in [5.74, 6) is -0.729. The van der Waals surface area contributed by atoms with Crippen LogP contribution in [0.25, 0.3) is 0 Å². The van der Waals surface area contributed by atoms with E-state index < -0.39 is 5.97 Å². The molecule has 1 aromatic carbocycles. The van der Waals surface area contributed by atoms with Crippen molar-refractivity contribution in [1.29, 1.82) is 0 Å². The van der Waals surface area contributed by atoms with Crippen LogP contribution < -0.4 is 0 Å². The summed E-state index contributed by atoms with van der Waals surface area (Å²) in [5.41, 5.74) is 2.35. The van der Waals surface area contributed by atoms with Crippen LogP contribution in [0.2, 0.25) is 0 Å². The molecule has 0 radical (unpaired) electrons. The van der Waals surface area contributed by atoms with Gasteiger partial charge in [0.25, 0.3) is 0 Å². The largest absolute Gasteiger partial charge is 0.481 e. The molecule has 116 valence electrons. The molecule has 0 bridgehead atoms. The fourth-order valence-corrected chi connectivity index (χ4v) is 2.52. The van der Waals surface area contributed by atoms with E-state index in [1.165, 1.54) is 11.1 Å². The monoisotopic (exact) mass is 291 g/mol. The SMILES string of the molecule is Cc1ccccc1C(C)CC(=O)N(CCC(=O)O)C(C)C. The van der Waals surface area contributed by atoms with Crippen molar-refractivity contribution in [3.05, 3.63) is 35.4 Å². The molecule has 0 saturated heterocycles. The fraction of sp³-hybridized carbons (Fsp3) is 0.529. The summed E-state index contributed by atoms with van der Waals surface area (Å²) in [4.78, 5) is 24.8. The van der Waals surface area contributed by atoms with Crippen molar-refractivity contribution in [2.24, 2.45) is 0 Å². The molecule has 0 spiro atoms. The van der Waals surface area contributed by atoms with Gasteiger partial charge >= 0.3 is 5.97 Å². The molecule has 0 aliphatic carbocycles. The van der Waals surface area contributed by atoms with Crippen LogP contribution in [0.5, 0.6) is 0 Å². The van der Waals surface area contributed by atoms with Crippen LogP contribution in [0.3, 0.4) is 0 Å². The molecule has 1 rings (SSSR count). The van der Waals surface area contributed by atoms with Gasteiger partial charge in [-0.1, -0.05) is 31.2 Å². The highest BCUT2D eigenvalue weighted by Crippen LogP contribution is 2.23. The van der Waals surface area contributed by atoms with Gasteiger partial charge in [0.2, 0.25) is 5.91 Å². The molecule has 21 heavy (non-hydrogen) atoms. The number of rotatable bonds is 7. The standard InChI is InChI=1S/C17H25NO3/c1-12(2)18(10-9-17(20)21)16(19)11-14(4)15-8-6-5-7-13(15)3/h5-8,12,14H,9-11H2,1-4H3,(H,20,21). The Balaban J connectivity index is 2.72. The molecule has 1 unspecified atom stereocenters. The fourth-order valence-electron chi connectivity index (χ4n) is 2.52. The molecular formula is C17H25NO3. The molecular weight excluding hydrogens is 266 g/mol. The zero-order chi connectivity index (χ0) is 16.0. The Bertz CT molecular complexity index is 497. The highest BCUT2D eigenvalue weighted by atomic mass is 16.4. The molecule has 1 atom stereocenters. The molecule has 0 aliphatic rings. The average Bonchev–Trinajstić information content (AvgIpc) is 2.38. The maximum atomic E-state index is 12.4.